The summed E-state index contributed by atoms with van der Waals surface area (Å²) in [5.74, 6) is -3.08. The minimum Gasteiger partial charge on any atom is -0.480 e. The summed E-state index contributed by atoms with van der Waals surface area (Å²) in [7, 11) is 0. The number of hydrogen-bond acceptors (Lipinski definition) is 3. The zero-order valence-corrected chi connectivity index (χ0v) is 11.5. The van der Waals surface area contributed by atoms with E-state index in [2.05, 4.69) is 5.32 Å². The minimum absolute atomic E-state index is 0.0108. The Morgan fingerprint density at radius 2 is 1.95 bits per heavy atom. The van der Waals surface area contributed by atoms with Gasteiger partial charge in [0.05, 0.1) is 6.54 Å². The van der Waals surface area contributed by atoms with Gasteiger partial charge in [-0.15, -0.1) is 0 Å². The van der Waals surface area contributed by atoms with Gasteiger partial charge in [-0.25, -0.2) is 8.78 Å². The molecular formula is C14H16F2N2O3. The number of carboxylic acid groups (broad SMARTS) is 1. The van der Waals surface area contributed by atoms with Gasteiger partial charge in [-0.05, 0) is 31.0 Å². The highest BCUT2D eigenvalue weighted by molar-refractivity contribution is 5.92. The van der Waals surface area contributed by atoms with E-state index in [-0.39, 0.29) is 18.2 Å². The van der Waals surface area contributed by atoms with Crippen molar-refractivity contribution in [2.75, 3.05) is 18.4 Å². The third-order valence-electron chi connectivity index (χ3n) is 3.55. The summed E-state index contributed by atoms with van der Waals surface area (Å²) in [6.45, 7) is 2.20. The van der Waals surface area contributed by atoms with Crippen molar-refractivity contribution in [2.45, 2.75) is 19.4 Å². The van der Waals surface area contributed by atoms with E-state index in [1.54, 1.807) is 4.90 Å². The molecule has 0 saturated carbocycles. The van der Waals surface area contributed by atoms with Crippen molar-refractivity contribution in [3.63, 3.8) is 0 Å². The zero-order chi connectivity index (χ0) is 15.6. The summed E-state index contributed by atoms with van der Waals surface area (Å²) < 4.78 is 26.0. The standard InChI is InChI=1S/C14H16F2N2O3/c1-8-2-3-18(13(8)14(20)21)7-12(19)17-11-5-9(15)4-10(16)6-11/h4-6,8,13H,2-3,7H2,1H3,(H,17,19)(H,20,21). The van der Waals surface area contributed by atoms with Crippen LogP contribution in [0.2, 0.25) is 0 Å². The maximum Gasteiger partial charge on any atom is 0.321 e. The lowest BCUT2D eigenvalue weighted by atomic mass is 10.0. The Bertz CT molecular complexity index is 545. The van der Waals surface area contributed by atoms with Crippen molar-refractivity contribution >= 4 is 17.6 Å². The van der Waals surface area contributed by atoms with Crippen LogP contribution in [0.25, 0.3) is 0 Å². The summed E-state index contributed by atoms with van der Waals surface area (Å²) in [6.07, 6.45) is 0.693. The third-order valence-corrected chi connectivity index (χ3v) is 3.55. The summed E-state index contributed by atoms with van der Waals surface area (Å²) in [5.41, 5.74) is 0.0108. The van der Waals surface area contributed by atoms with E-state index in [1.165, 1.54) is 0 Å². The van der Waals surface area contributed by atoms with E-state index >= 15 is 0 Å². The number of carbonyl (C=O) groups is 2. The maximum absolute atomic E-state index is 13.0. The molecule has 5 nitrogen and oxygen atoms in total. The maximum atomic E-state index is 13.0. The molecule has 7 heteroatoms. The number of nitrogens with one attached hydrogen (secondary N) is 1. The second kappa shape index (κ2) is 6.17. The molecule has 0 aromatic heterocycles. The van der Waals surface area contributed by atoms with E-state index in [0.29, 0.717) is 19.0 Å². The van der Waals surface area contributed by atoms with Crippen LogP contribution in [-0.4, -0.2) is 41.0 Å². The van der Waals surface area contributed by atoms with Gasteiger partial charge in [0, 0.05) is 11.8 Å². The molecule has 1 aromatic carbocycles. The van der Waals surface area contributed by atoms with E-state index in [1.807, 2.05) is 6.92 Å². The normalized spacial score (nSPS) is 22.2. The number of rotatable bonds is 4. The van der Waals surface area contributed by atoms with Crippen LogP contribution >= 0.6 is 0 Å². The molecule has 1 aromatic rings. The van der Waals surface area contributed by atoms with E-state index < -0.39 is 29.6 Å². The van der Waals surface area contributed by atoms with Crippen LogP contribution in [0.5, 0.6) is 0 Å². The van der Waals surface area contributed by atoms with Crippen molar-refractivity contribution in [3.8, 4) is 0 Å². The van der Waals surface area contributed by atoms with Gasteiger partial charge in [-0.3, -0.25) is 14.5 Å². The molecule has 2 unspecified atom stereocenters. The number of aliphatic carboxylic acids is 1. The Morgan fingerprint density at radius 3 is 2.52 bits per heavy atom. The van der Waals surface area contributed by atoms with Crippen LogP contribution in [0, 0.1) is 17.6 Å². The van der Waals surface area contributed by atoms with E-state index in [9.17, 15) is 18.4 Å². The van der Waals surface area contributed by atoms with Crippen molar-refractivity contribution < 1.29 is 23.5 Å². The summed E-state index contributed by atoms with van der Waals surface area (Å²) in [4.78, 5) is 24.6. The lowest BCUT2D eigenvalue weighted by molar-refractivity contribution is -0.143. The number of halogens is 2. The second-order valence-electron chi connectivity index (χ2n) is 5.23. The topological polar surface area (TPSA) is 69.6 Å². The first-order chi connectivity index (χ1) is 9.86. The quantitative estimate of drug-likeness (QED) is 0.887. The molecule has 0 radical (unpaired) electrons. The molecule has 2 N–H and O–H groups in total. The molecule has 1 fully saturated rings. The molecule has 1 heterocycles. The van der Waals surface area contributed by atoms with Crippen LogP contribution in [0.3, 0.4) is 0 Å². The lowest BCUT2D eigenvalue weighted by Gasteiger charge is -2.22. The highest BCUT2D eigenvalue weighted by Gasteiger charge is 2.37. The van der Waals surface area contributed by atoms with Crippen LogP contribution in [-0.2, 0) is 9.59 Å². The van der Waals surface area contributed by atoms with Gasteiger partial charge in [-0.1, -0.05) is 6.92 Å². The SMILES string of the molecule is CC1CCN(CC(=O)Nc2cc(F)cc(F)c2)C1C(=O)O. The number of amides is 1. The molecule has 0 aliphatic carbocycles. The molecule has 114 valence electrons. The van der Waals surface area contributed by atoms with Crippen LogP contribution < -0.4 is 5.32 Å². The number of nitrogens with zero attached hydrogens (tertiary/aromatic N) is 1. The number of carboxylic acids is 1. The minimum atomic E-state index is -0.968. The number of likely N-dealkylation sites (tertiary alicyclic amines) is 1. The van der Waals surface area contributed by atoms with Crippen molar-refractivity contribution in [1.82, 2.24) is 4.90 Å². The van der Waals surface area contributed by atoms with Crippen LogP contribution in [0.4, 0.5) is 14.5 Å². The average molecular weight is 298 g/mol. The smallest absolute Gasteiger partial charge is 0.321 e. The van der Waals surface area contributed by atoms with Crippen molar-refractivity contribution in [1.29, 1.82) is 0 Å². The number of carbonyl (C=O) groups excluding carboxylic acids is 1. The largest absolute Gasteiger partial charge is 0.480 e. The molecule has 1 aliphatic rings. The first-order valence-electron chi connectivity index (χ1n) is 6.59. The van der Waals surface area contributed by atoms with Gasteiger partial charge in [-0.2, -0.15) is 0 Å². The first-order valence-corrected chi connectivity index (χ1v) is 6.59. The van der Waals surface area contributed by atoms with E-state index in [0.717, 1.165) is 12.1 Å². The Hall–Kier alpha value is -2.02. The lowest BCUT2D eigenvalue weighted by Crippen LogP contribution is -2.43. The molecule has 0 bridgehead atoms. The molecule has 2 rings (SSSR count). The molecule has 0 spiro atoms. The Kier molecular flexibility index (Phi) is 4.52. The average Bonchev–Trinajstić information content (AvgIpc) is 2.68. The van der Waals surface area contributed by atoms with Gasteiger partial charge in [0.1, 0.15) is 17.7 Å². The van der Waals surface area contributed by atoms with Gasteiger partial charge >= 0.3 is 5.97 Å². The molecular weight excluding hydrogens is 282 g/mol. The van der Waals surface area contributed by atoms with Gasteiger partial charge in [0.25, 0.3) is 0 Å². The fourth-order valence-corrected chi connectivity index (χ4v) is 2.61. The summed E-state index contributed by atoms with van der Waals surface area (Å²) in [6, 6.07) is 2.00. The number of hydrogen-bond donors (Lipinski definition) is 2. The van der Waals surface area contributed by atoms with Gasteiger partial charge in [0.15, 0.2) is 0 Å². The molecule has 1 aliphatic heterocycles. The fraction of sp³-hybridized carbons (Fsp3) is 0.429. The Balaban J connectivity index is 2.00. The van der Waals surface area contributed by atoms with Crippen molar-refractivity contribution in [2.24, 2.45) is 5.92 Å². The molecule has 1 saturated heterocycles. The molecule has 1 amide bonds. The van der Waals surface area contributed by atoms with Gasteiger partial charge < -0.3 is 10.4 Å². The predicted molar refractivity (Wildman–Crippen MR) is 71.8 cm³/mol. The van der Waals surface area contributed by atoms with Gasteiger partial charge in [0.2, 0.25) is 5.91 Å². The van der Waals surface area contributed by atoms with E-state index in [4.69, 9.17) is 5.11 Å². The monoisotopic (exact) mass is 298 g/mol. The van der Waals surface area contributed by atoms with Crippen LogP contribution in [0.15, 0.2) is 18.2 Å². The molecule has 21 heavy (non-hydrogen) atoms. The zero-order valence-electron chi connectivity index (χ0n) is 11.5. The fourth-order valence-electron chi connectivity index (χ4n) is 2.61. The first kappa shape index (κ1) is 15.4. The second-order valence-corrected chi connectivity index (χ2v) is 5.23. The number of anilines is 1. The van der Waals surface area contributed by atoms with Crippen molar-refractivity contribution in [3.05, 3.63) is 29.8 Å². The highest BCUT2D eigenvalue weighted by atomic mass is 19.1. The third kappa shape index (κ3) is 3.75. The Morgan fingerprint density at radius 1 is 1.33 bits per heavy atom. The number of benzene rings is 1. The predicted octanol–water partition coefficient (Wildman–Crippen LogP) is 1.70. The molecule has 2 atom stereocenters. The highest BCUT2D eigenvalue weighted by Crippen LogP contribution is 2.24. The summed E-state index contributed by atoms with van der Waals surface area (Å²) >= 11 is 0. The summed E-state index contributed by atoms with van der Waals surface area (Å²) in [5, 5.41) is 11.5. The Labute approximate surface area is 120 Å². The van der Waals surface area contributed by atoms with Crippen LogP contribution in [0.1, 0.15) is 13.3 Å².